The zero-order chi connectivity index (χ0) is 20.3. The number of para-hydroxylation sites is 1. The Labute approximate surface area is 166 Å². The van der Waals surface area contributed by atoms with Crippen molar-refractivity contribution in [3.63, 3.8) is 0 Å². The molecule has 2 aromatic carbocycles. The van der Waals surface area contributed by atoms with Crippen molar-refractivity contribution >= 4 is 11.6 Å². The minimum absolute atomic E-state index is 0.262. The fourth-order valence-electron chi connectivity index (χ4n) is 3.16. The van der Waals surface area contributed by atoms with Gasteiger partial charge in [0, 0.05) is 5.69 Å². The number of anilines is 1. The predicted octanol–water partition coefficient (Wildman–Crippen LogP) is 6.16. The Morgan fingerprint density at radius 2 is 1.75 bits per heavy atom. The van der Waals surface area contributed by atoms with E-state index in [1.807, 2.05) is 45.0 Å². The number of carbonyl (C=O) groups is 1. The van der Waals surface area contributed by atoms with E-state index >= 15 is 0 Å². The summed E-state index contributed by atoms with van der Waals surface area (Å²) < 4.78 is 11.7. The van der Waals surface area contributed by atoms with Crippen molar-refractivity contribution in [1.29, 1.82) is 0 Å². The fourth-order valence-corrected chi connectivity index (χ4v) is 3.16. The summed E-state index contributed by atoms with van der Waals surface area (Å²) in [5.74, 6) is 1.85. The van der Waals surface area contributed by atoms with Crippen LogP contribution in [-0.4, -0.2) is 5.91 Å². The molecule has 146 valence electrons. The molecule has 0 saturated carbocycles. The highest BCUT2D eigenvalue weighted by molar-refractivity contribution is 6.03. The average molecular weight is 377 g/mol. The second kappa shape index (κ2) is 8.34. The smallest absolute Gasteiger partial charge is 0.291 e. The second-order valence-electron chi connectivity index (χ2n) is 7.47. The second-order valence-corrected chi connectivity index (χ2v) is 7.47. The molecule has 0 aliphatic rings. The van der Waals surface area contributed by atoms with Gasteiger partial charge in [-0.3, -0.25) is 4.79 Å². The maximum atomic E-state index is 12.5. The van der Waals surface area contributed by atoms with Crippen LogP contribution in [0.1, 0.15) is 58.3 Å². The molecule has 0 aliphatic heterocycles. The first kappa shape index (κ1) is 19.7. The lowest BCUT2D eigenvalue weighted by Gasteiger charge is -2.14. The molecule has 0 aliphatic carbocycles. The molecule has 3 aromatic rings. The minimum Gasteiger partial charge on any atom is -0.485 e. The van der Waals surface area contributed by atoms with Gasteiger partial charge >= 0.3 is 0 Å². The van der Waals surface area contributed by atoms with E-state index in [0.717, 1.165) is 33.7 Å². The van der Waals surface area contributed by atoms with Crippen molar-refractivity contribution in [3.05, 3.63) is 82.3 Å². The van der Waals surface area contributed by atoms with E-state index in [9.17, 15) is 4.79 Å². The molecule has 1 aromatic heterocycles. The number of carbonyl (C=O) groups excluding carboxylic acids is 1. The van der Waals surface area contributed by atoms with Gasteiger partial charge < -0.3 is 14.5 Å². The summed E-state index contributed by atoms with van der Waals surface area (Å²) in [4.78, 5) is 12.5. The summed E-state index contributed by atoms with van der Waals surface area (Å²) in [6.07, 6.45) is 0. The van der Waals surface area contributed by atoms with E-state index in [1.54, 1.807) is 12.1 Å². The maximum Gasteiger partial charge on any atom is 0.291 e. The highest BCUT2D eigenvalue weighted by Gasteiger charge is 2.15. The third-order valence-corrected chi connectivity index (χ3v) is 4.77. The quantitative estimate of drug-likeness (QED) is 0.560. The molecule has 0 bridgehead atoms. The SMILES string of the molecule is Cc1ccc(C(C)C)c(OCc2ccc(C(=O)Nc3c(C)cccc3C)o2)c1. The normalized spacial score (nSPS) is 10.9. The molecule has 0 radical (unpaired) electrons. The van der Waals surface area contributed by atoms with Crippen LogP contribution in [0.15, 0.2) is 52.9 Å². The third-order valence-electron chi connectivity index (χ3n) is 4.77. The van der Waals surface area contributed by atoms with E-state index in [0.29, 0.717) is 11.7 Å². The van der Waals surface area contributed by atoms with Gasteiger partial charge in [-0.05, 0) is 67.1 Å². The van der Waals surface area contributed by atoms with Gasteiger partial charge in [-0.2, -0.15) is 0 Å². The first-order valence-electron chi connectivity index (χ1n) is 9.54. The largest absolute Gasteiger partial charge is 0.485 e. The number of rotatable bonds is 6. The Morgan fingerprint density at radius 1 is 1.04 bits per heavy atom. The molecule has 0 unspecified atom stereocenters. The highest BCUT2D eigenvalue weighted by atomic mass is 16.5. The first-order valence-corrected chi connectivity index (χ1v) is 9.54. The summed E-state index contributed by atoms with van der Waals surface area (Å²) >= 11 is 0. The van der Waals surface area contributed by atoms with Crippen LogP contribution in [0.25, 0.3) is 0 Å². The summed E-state index contributed by atoms with van der Waals surface area (Å²) in [5, 5.41) is 2.94. The number of aryl methyl sites for hydroxylation is 3. The fraction of sp³-hybridized carbons (Fsp3) is 0.292. The zero-order valence-corrected chi connectivity index (χ0v) is 17.1. The lowest BCUT2D eigenvalue weighted by Crippen LogP contribution is -2.13. The lowest BCUT2D eigenvalue weighted by molar-refractivity contribution is 0.0992. The molecular weight excluding hydrogens is 350 g/mol. The molecule has 28 heavy (non-hydrogen) atoms. The van der Waals surface area contributed by atoms with Gasteiger partial charge in [0.15, 0.2) is 5.76 Å². The Morgan fingerprint density at radius 3 is 2.43 bits per heavy atom. The monoisotopic (exact) mass is 377 g/mol. The van der Waals surface area contributed by atoms with Crippen LogP contribution >= 0.6 is 0 Å². The van der Waals surface area contributed by atoms with Gasteiger partial charge in [-0.25, -0.2) is 0 Å². The molecule has 4 nitrogen and oxygen atoms in total. The number of hydrogen-bond acceptors (Lipinski definition) is 3. The highest BCUT2D eigenvalue weighted by Crippen LogP contribution is 2.28. The number of furan rings is 1. The lowest BCUT2D eigenvalue weighted by atomic mass is 10.0. The van der Waals surface area contributed by atoms with Crippen LogP contribution in [0.4, 0.5) is 5.69 Å². The third kappa shape index (κ3) is 4.45. The molecule has 0 spiro atoms. The Kier molecular flexibility index (Phi) is 5.88. The van der Waals surface area contributed by atoms with Crippen LogP contribution in [0, 0.1) is 20.8 Å². The van der Waals surface area contributed by atoms with Gasteiger partial charge in [0.05, 0.1) is 0 Å². The molecule has 4 heteroatoms. The molecule has 0 fully saturated rings. The van der Waals surface area contributed by atoms with E-state index in [1.165, 1.54) is 0 Å². The number of hydrogen-bond donors (Lipinski definition) is 1. The summed E-state index contributed by atoms with van der Waals surface area (Å²) in [6, 6.07) is 15.6. The molecule has 0 saturated heterocycles. The Hall–Kier alpha value is -3.01. The number of benzene rings is 2. The number of nitrogens with one attached hydrogen (secondary N) is 1. The van der Waals surface area contributed by atoms with Crippen LogP contribution in [0.2, 0.25) is 0 Å². The molecule has 1 heterocycles. The van der Waals surface area contributed by atoms with Gasteiger partial charge in [0.25, 0.3) is 5.91 Å². The molecule has 1 amide bonds. The van der Waals surface area contributed by atoms with Crippen LogP contribution in [0.5, 0.6) is 5.75 Å². The van der Waals surface area contributed by atoms with E-state index in [4.69, 9.17) is 9.15 Å². The van der Waals surface area contributed by atoms with Crippen molar-refractivity contribution in [2.45, 2.75) is 47.1 Å². The van der Waals surface area contributed by atoms with Gasteiger partial charge in [0.2, 0.25) is 0 Å². The standard InChI is InChI=1S/C24H27NO3/c1-15(2)20-11-9-16(3)13-22(20)27-14-19-10-12-21(28-19)24(26)25-23-17(4)7-6-8-18(23)5/h6-13,15H,14H2,1-5H3,(H,25,26). The zero-order valence-electron chi connectivity index (χ0n) is 17.1. The van der Waals surface area contributed by atoms with Crippen LogP contribution < -0.4 is 10.1 Å². The van der Waals surface area contributed by atoms with Gasteiger partial charge in [0.1, 0.15) is 18.1 Å². The van der Waals surface area contributed by atoms with Crippen molar-refractivity contribution in [3.8, 4) is 5.75 Å². The maximum absolute atomic E-state index is 12.5. The minimum atomic E-state index is -0.262. The van der Waals surface area contributed by atoms with Gasteiger partial charge in [-0.15, -0.1) is 0 Å². The molecular formula is C24H27NO3. The van der Waals surface area contributed by atoms with Gasteiger partial charge in [-0.1, -0.05) is 44.2 Å². The van der Waals surface area contributed by atoms with E-state index < -0.39 is 0 Å². The van der Waals surface area contributed by atoms with E-state index in [-0.39, 0.29) is 18.3 Å². The summed E-state index contributed by atoms with van der Waals surface area (Å²) in [5.41, 5.74) is 5.16. The molecule has 3 rings (SSSR count). The van der Waals surface area contributed by atoms with Crippen molar-refractivity contribution in [2.75, 3.05) is 5.32 Å². The Balaban J connectivity index is 1.69. The number of ether oxygens (including phenoxy) is 1. The Bertz CT molecular complexity index is 965. The first-order chi connectivity index (χ1) is 13.3. The molecule has 0 atom stereocenters. The van der Waals surface area contributed by atoms with Crippen LogP contribution in [-0.2, 0) is 6.61 Å². The topological polar surface area (TPSA) is 51.5 Å². The van der Waals surface area contributed by atoms with Crippen molar-refractivity contribution < 1.29 is 13.9 Å². The molecule has 1 N–H and O–H groups in total. The van der Waals surface area contributed by atoms with Crippen molar-refractivity contribution in [1.82, 2.24) is 0 Å². The summed E-state index contributed by atoms with van der Waals surface area (Å²) in [7, 11) is 0. The number of amides is 1. The average Bonchev–Trinajstić information content (AvgIpc) is 3.12. The van der Waals surface area contributed by atoms with Crippen molar-refractivity contribution in [2.24, 2.45) is 0 Å². The van der Waals surface area contributed by atoms with E-state index in [2.05, 4.69) is 31.3 Å². The summed E-state index contributed by atoms with van der Waals surface area (Å²) in [6.45, 7) is 10.5. The predicted molar refractivity (Wildman–Crippen MR) is 112 cm³/mol. The van der Waals surface area contributed by atoms with Crippen LogP contribution in [0.3, 0.4) is 0 Å².